The van der Waals surface area contributed by atoms with Crippen molar-refractivity contribution in [2.24, 2.45) is 0 Å². The van der Waals surface area contributed by atoms with Crippen molar-refractivity contribution in [3.63, 3.8) is 0 Å². The molecule has 1 saturated heterocycles. The summed E-state index contributed by atoms with van der Waals surface area (Å²) in [6.45, 7) is 6.34. The number of benzene rings is 2. The van der Waals surface area contributed by atoms with Gasteiger partial charge in [0, 0.05) is 43.6 Å². The number of hydrogen-bond donors (Lipinski definition) is 1. The molecule has 1 aliphatic rings. The molecule has 0 aliphatic carbocycles. The fraction of sp³-hybridized carbons (Fsp3) is 0.292. The quantitative estimate of drug-likeness (QED) is 0.660. The number of carbonyl (C=O) groups excluding carboxylic acids is 1. The van der Waals surface area contributed by atoms with E-state index in [0.29, 0.717) is 37.9 Å². The molecule has 1 N–H and O–H groups in total. The van der Waals surface area contributed by atoms with E-state index in [0.717, 1.165) is 17.2 Å². The Bertz CT molecular complexity index is 1000. The molecule has 1 aliphatic heterocycles. The van der Waals surface area contributed by atoms with Crippen molar-refractivity contribution in [1.82, 2.24) is 14.9 Å². The summed E-state index contributed by atoms with van der Waals surface area (Å²) in [6.07, 6.45) is -0.522. The number of carbonyl (C=O) groups is 1. The summed E-state index contributed by atoms with van der Waals surface area (Å²) in [5.74, 6) is 2.14. The van der Waals surface area contributed by atoms with Crippen molar-refractivity contribution in [3.05, 3.63) is 72.4 Å². The Hall–Kier alpha value is -3.61. The molecule has 7 heteroatoms. The zero-order valence-corrected chi connectivity index (χ0v) is 17.9. The molecule has 31 heavy (non-hydrogen) atoms. The molecule has 1 aromatic heterocycles. The smallest absolute Gasteiger partial charge is 0.263 e. The molecule has 160 valence electrons. The normalized spacial score (nSPS) is 14.8. The molecule has 0 saturated carbocycles. The number of aromatic nitrogens is 2. The average Bonchev–Trinajstić information content (AvgIpc) is 2.79. The third-order valence-corrected chi connectivity index (χ3v) is 5.17. The highest BCUT2D eigenvalue weighted by atomic mass is 16.5. The number of ether oxygens (including phenoxy) is 1. The predicted octanol–water partition coefficient (Wildman–Crippen LogP) is 3.64. The van der Waals surface area contributed by atoms with E-state index in [9.17, 15) is 4.79 Å². The second-order valence-electron chi connectivity index (χ2n) is 7.57. The van der Waals surface area contributed by atoms with E-state index in [2.05, 4.69) is 20.2 Å². The number of nitrogens with one attached hydrogen (secondary N) is 1. The zero-order valence-electron chi connectivity index (χ0n) is 17.9. The minimum atomic E-state index is -0.522. The van der Waals surface area contributed by atoms with E-state index in [4.69, 9.17) is 4.74 Å². The van der Waals surface area contributed by atoms with Gasteiger partial charge in [-0.25, -0.2) is 4.98 Å². The summed E-state index contributed by atoms with van der Waals surface area (Å²) in [6, 6.07) is 21.3. The highest BCUT2D eigenvalue weighted by molar-refractivity contribution is 5.81. The second kappa shape index (κ2) is 9.47. The summed E-state index contributed by atoms with van der Waals surface area (Å²) >= 11 is 0. The Balaban J connectivity index is 1.36. The van der Waals surface area contributed by atoms with Crippen LogP contribution in [0, 0.1) is 6.92 Å². The number of rotatable bonds is 6. The first-order valence-corrected chi connectivity index (χ1v) is 10.5. The lowest BCUT2D eigenvalue weighted by atomic mass is 10.2. The van der Waals surface area contributed by atoms with E-state index in [1.165, 1.54) is 0 Å². The number of aryl methyl sites for hydroxylation is 1. The molecule has 2 aromatic carbocycles. The Morgan fingerprint density at radius 3 is 2.29 bits per heavy atom. The lowest BCUT2D eigenvalue weighted by Crippen LogP contribution is -2.52. The second-order valence-corrected chi connectivity index (χ2v) is 7.57. The molecule has 1 unspecified atom stereocenters. The number of amides is 1. The fourth-order valence-electron chi connectivity index (χ4n) is 3.57. The van der Waals surface area contributed by atoms with Gasteiger partial charge in [-0.15, -0.1) is 0 Å². The summed E-state index contributed by atoms with van der Waals surface area (Å²) in [5, 5.41) is 3.33. The SMILES string of the molecule is Cc1cc(Nc2ccccc2)nc(N2CCN(C(=O)C(C)Oc3ccccc3)CC2)n1. The maximum Gasteiger partial charge on any atom is 0.263 e. The molecule has 3 aromatic rings. The van der Waals surface area contributed by atoms with Gasteiger partial charge in [-0.3, -0.25) is 4.79 Å². The van der Waals surface area contributed by atoms with Gasteiger partial charge in [-0.05, 0) is 38.1 Å². The maximum atomic E-state index is 12.8. The Morgan fingerprint density at radius 2 is 1.61 bits per heavy atom. The first-order valence-electron chi connectivity index (χ1n) is 10.5. The molecular weight excluding hydrogens is 390 g/mol. The summed E-state index contributed by atoms with van der Waals surface area (Å²) in [5.41, 5.74) is 1.88. The van der Waals surface area contributed by atoms with Crippen LogP contribution in [-0.4, -0.2) is 53.1 Å². The Kier molecular flexibility index (Phi) is 6.31. The number of anilines is 3. The topological polar surface area (TPSA) is 70.6 Å². The maximum absolute atomic E-state index is 12.8. The number of piperazine rings is 1. The first-order chi connectivity index (χ1) is 15.1. The van der Waals surface area contributed by atoms with Crippen molar-refractivity contribution in [3.8, 4) is 5.75 Å². The van der Waals surface area contributed by atoms with Gasteiger partial charge in [0.05, 0.1) is 0 Å². The van der Waals surface area contributed by atoms with Crippen LogP contribution < -0.4 is 15.0 Å². The molecule has 2 heterocycles. The van der Waals surface area contributed by atoms with Gasteiger partial charge in [0.15, 0.2) is 6.10 Å². The highest BCUT2D eigenvalue weighted by Crippen LogP contribution is 2.20. The van der Waals surface area contributed by atoms with E-state index in [1.54, 1.807) is 6.92 Å². The van der Waals surface area contributed by atoms with Crippen molar-refractivity contribution in [1.29, 1.82) is 0 Å². The van der Waals surface area contributed by atoms with E-state index < -0.39 is 6.10 Å². The molecule has 1 amide bonds. The molecule has 1 atom stereocenters. The van der Waals surface area contributed by atoms with Gasteiger partial charge in [0.2, 0.25) is 5.95 Å². The van der Waals surface area contributed by atoms with Crippen LogP contribution in [0.2, 0.25) is 0 Å². The standard InChI is InChI=1S/C24H27N5O2/c1-18-17-22(26-20-9-5-3-6-10-20)27-24(25-18)29-15-13-28(14-16-29)23(30)19(2)31-21-11-7-4-8-12-21/h3-12,17,19H,13-16H2,1-2H3,(H,25,26,27). The molecule has 7 nitrogen and oxygen atoms in total. The van der Waals surface area contributed by atoms with Crippen LogP contribution in [0.15, 0.2) is 66.7 Å². The lowest BCUT2D eigenvalue weighted by molar-refractivity contribution is -0.138. The van der Waals surface area contributed by atoms with Crippen molar-refractivity contribution >= 4 is 23.4 Å². The van der Waals surface area contributed by atoms with Gasteiger partial charge in [0.1, 0.15) is 11.6 Å². The van der Waals surface area contributed by atoms with Gasteiger partial charge >= 0.3 is 0 Å². The first kappa shape index (κ1) is 20.7. The van der Waals surface area contributed by atoms with Crippen LogP contribution in [0.1, 0.15) is 12.6 Å². The van der Waals surface area contributed by atoms with E-state index >= 15 is 0 Å². The van der Waals surface area contributed by atoms with Gasteiger partial charge in [-0.1, -0.05) is 36.4 Å². The minimum absolute atomic E-state index is 0.0000898. The van der Waals surface area contributed by atoms with Crippen LogP contribution in [0.5, 0.6) is 5.75 Å². The molecular formula is C24H27N5O2. The van der Waals surface area contributed by atoms with Crippen LogP contribution in [0.3, 0.4) is 0 Å². The monoisotopic (exact) mass is 417 g/mol. The predicted molar refractivity (Wildman–Crippen MR) is 122 cm³/mol. The molecule has 0 spiro atoms. The van der Waals surface area contributed by atoms with Gasteiger partial charge < -0.3 is 19.9 Å². The third kappa shape index (κ3) is 5.31. The summed E-state index contributed by atoms with van der Waals surface area (Å²) in [7, 11) is 0. The molecule has 0 bridgehead atoms. The summed E-state index contributed by atoms with van der Waals surface area (Å²) in [4.78, 5) is 26.1. The van der Waals surface area contributed by atoms with Crippen LogP contribution in [0.4, 0.5) is 17.5 Å². The van der Waals surface area contributed by atoms with Gasteiger partial charge in [-0.2, -0.15) is 4.98 Å². The Labute approximate surface area is 182 Å². The minimum Gasteiger partial charge on any atom is -0.481 e. The van der Waals surface area contributed by atoms with Crippen molar-refractivity contribution < 1.29 is 9.53 Å². The van der Waals surface area contributed by atoms with Crippen LogP contribution in [-0.2, 0) is 4.79 Å². The Morgan fingerprint density at radius 1 is 0.968 bits per heavy atom. The zero-order chi connectivity index (χ0) is 21.6. The molecule has 1 fully saturated rings. The lowest BCUT2D eigenvalue weighted by Gasteiger charge is -2.36. The van der Waals surface area contributed by atoms with Gasteiger partial charge in [0.25, 0.3) is 5.91 Å². The molecule has 0 radical (unpaired) electrons. The van der Waals surface area contributed by atoms with E-state index in [1.807, 2.05) is 78.6 Å². The van der Waals surface area contributed by atoms with Crippen molar-refractivity contribution in [2.75, 3.05) is 36.4 Å². The molecule has 4 rings (SSSR count). The van der Waals surface area contributed by atoms with Crippen LogP contribution >= 0.6 is 0 Å². The highest BCUT2D eigenvalue weighted by Gasteiger charge is 2.27. The number of para-hydroxylation sites is 2. The number of nitrogens with zero attached hydrogens (tertiary/aromatic N) is 4. The van der Waals surface area contributed by atoms with Crippen LogP contribution in [0.25, 0.3) is 0 Å². The third-order valence-electron chi connectivity index (χ3n) is 5.17. The fourth-order valence-corrected chi connectivity index (χ4v) is 3.57. The largest absolute Gasteiger partial charge is 0.481 e. The average molecular weight is 418 g/mol. The summed E-state index contributed by atoms with van der Waals surface area (Å²) < 4.78 is 5.79. The van der Waals surface area contributed by atoms with Crippen molar-refractivity contribution in [2.45, 2.75) is 20.0 Å². The van der Waals surface area contributed by atoms with E-state index in [-0.39, 0.29) is 5.91 Å². The number of hydrogen-bond acceptors (Lipinski definition) is 6.